The lowest BCUT2D eigenvalue weighted by Gasteiger charge is -2.12. The Hall–Kier alpha value is -0.430. The molecule has 0 aromatic carbocycles. The van der Waals surface area contributed by atoms with Gasteiger partial charge >= 0.3 is 0 Å². The van der Waals surface area contributed by atoms with E-state index in [1.807, 2.05) is 20.0 Å². The van der Waals surface area contributed by atoms with Crippen LogP contribution in [0.1, 0.15) is 31.1 Å². The van der Waals surface area contributed by atoms with Crippen molar-refractivity contribution in [1.29, 1.82) is 0 Å². The van der Waals surface area contributed by atoms with Crippen LogP contribution in [0.3, 0.4) is 0 Å². The number of hydrogen-bond donors (Lipinski definition) is 2. The number of rotatable bonds is 7. The molecule has 0 bridgehead atoms. The van der Waals surface area contributed by atoms with Crippen LogP contribution in [-0.2, 0) is 16.6 Å². The lowest BCUT2D eigenvalue weighted by atomic mass is 10.2. The highest BCUT2D eigenvalue weighted by Crippen LogP contribution is 2.33. The third kappa shape index (κ3) is 3.78. The van der Waals surface area contributed by atoms with Crippen molar-refractivity contribution < 1.29 is 8.42 Å². The lowest BCUT2D eigenvalue weighted by Crippen LogP contribution is -2.32. The molecule has 18 heavy (non-hydrogen) atoms. The van der Waals surface area contributed by atoms with Gasteiger partial charge in [-0.1, -0.05) is 12.8 Å². The molecule has 1 aromatic heterocycles. The Morgan fingerprint density at radius 1 is 1.44 bits per heavy atom. The van der Waals surface area contributed by atoms with Gasteiger partial charge in [0, 0.05) is 17.5 Å². The Balaban J connectivity index is 1.99. The average Bonchev–Trinajstić information content (AvgIpc) is 2.94. The Kier molecular flexibility index (Phi) is 4.42. The molecular formula is C12H20N2O2S2. The topological polar surface area (TPSA) is 58.2 Å². The second-order valence-electron chi connectivity index (χ2n) is 4.95. The molecule has 1 aromatic rings. The van der Waals surface area contributed by atoms with Crippen molar-refractivity contribution in [2.24, 2.45) is 5.92 Å². The summed E-state index contributed by atoms with van der Waals surface area (Å²) in [5.41, 5.74) is 0. The first-order valence-electron chi connectivity index (χ1n) is 6.27. The summed E-state index contributed by atoms with van der Waals surface area (Å²) in [7, 11) is -1.48. The molecule has 1 atom stereocenters. The number of thiophene rings is 1. The number of hydrogen-bond acceptors (Lipinski definition) is 4. The van der Waals surface area contributed by atoms with Gasteiger partial charge in [0.1, 0.15) is 4.21 Å². The summed E-state index contributed by atoms with van der Waals surface area (Å²) in [5, 5.41) is 3.02. The first kappa shape index (κ1) is 14.0. The summed E-state index contributed by atoms with van der Waals surface area (Å²) in [4.78, 5) is 1.03. The Morgan fingerprint density at radius 2 is 2.17 bits per heavy atom. The monoisotopic (exact) mass is 288 g/mol. The van der Waals surface area contributed by atoms with Gasteiger partial charge < -0.3 is 5.32 Å². The molecule has 0 radical (unpaired) electrons. The molecule has 1 unspecified atom stereocenters. The standard InChI is InChI=1S/C12H20N2O2S2/c1-9(7-10-3-4-10)14-18(15,16)12-6-5-11(17-12)8-13-2/h5-6,9-10,13-14H,3-4,7-8H2,1-2H3. The van der Waals surface area contributed by atoms with E-state index in [0.29, 0.717) is 10.8 Å². The van der Waals surface area contributed by atoms with Gasteiger partial charge in [-0.15, -0.1) is 11.3 Å². The predicted molar refractivity (Wildman–Crippen MR) is 74.2 cm³/mol. The SMILES string of the molecule is CNCc1ccc(S(=O)(=O)NC(C)CC2CC2)s1. The van der Waals surface area contributed by atoms with Gasteiger partial charge in [-0.05, 0) is 38.4 Å². The van der Waals surface area contributed by atoms with Crippen molar-refractivity contribution in [2.45, 2.75) is 43.0 Å². The van der Waals surface area contributed by atoms with Crippen LogP contribution in [0.15, 0.2) is 16.3 Å². The molecular weight excluding hydrogens is 268 g/mol. The van der Waals surface area contributed by atoms with Gasteiger partial charge in [-0.2, -0.15) is 0 Å². The van der Waals surface area contributed by atoms with E-state index in [9.17, 15) is 8.42 Å². The Bertz CT molecular complexity index is 492. The third-order valence-electron chi connectivity index (χ3n) is 2.99. The minimum Gasteiger partial charge on any atom is -0.315 e. The fraction of sp³-hybridized carbons (Fsp3) is 0.667. The lowest BCUT2D eigenvalue weighted by molar-refractivity contribution is 0.531. The third-order valence-corrected chi connectivity index (χ3v) is 6.16. The molecule has 1 aliphatic rings. The molecule has 1 fully saturated rings. The van der Waals surface area contributed by atoms with Crippen LogP contribution in [0, 0.1) is 5.92 Å². The van der Waals surface area contributed by atoms with Crippen molar-refractivity contribution in [1.82, 2.24) is 10.0 Å². The smallest absolute Gasteiger partial charge is 0.250 e. The molecule has 1 aliphatic carbocycles. The van der Waals surface area contributed by atoms with E-state index in [4.69, 9.17) is 0 Å². The second-order valence-corrected chi connectivity index (χ2v) is 8.06. The zero-order valence-electron chi connectivity index (χ0n) is 10.8. The maximum Gasteiger partial charge on any atom is 0.250 e. The molecule has 1 saturated carbocycles. The zero-order valence-corrected chi connectivity index (χ0v) is 12.4. The van der Waals surface area contributed by atoms with Crippen LogP contribution in [0.4, 0.5) is 0 Å². The first-order chi connectivity index (χ1) is 8.51. The summed E-state index contributed by atoms with van der Waals surface area (Å²) in [6.07, 6.45) is 3.45. The minimum atomic E-state index is -3.33. The molecule has 4 nitrogen and oxygen atoms in total. The van der Waals surface area contributed by atoms with Crippen molar-refractivity contribution in [3.63, 3.8) is 0 Å². The highest BCUT2D eigenvalue weighted by molar-refractivity contribution is 7.91. The molecule has 0 saturated heterocycles. The predicted octanol–water partition coefficient (Wildman–Crippen LogP) is 1.93. The fourth-order valence-electron chi connectivity index (χ4n) is 2.00. The molecule has 0 aliphatic heterocycles. The molecule has 102 valence electrons. The summed E-state index contributed by atoms with van der Waals surface area (Å²) in [6.45, 7) is 2.65. The molecule has 0 spiro atoms. The van der Waals surface area contributed by atoms with Crippen LogP contribution >= 0.6 is 11.3 Å². The summed E-state index contributed by atoms with van der Waals surface area (Å²) >= 11 is 1.33. The van der Waals surface area contributed by atoms with E-state index in [0.717, 1.165) is 17.2 Å². The van der Waals surface area contributed by atoms with Crippen LogP contribution in [-0.4, -0.2) is 21.5 Å². The molecule has 0 amide bonds. The van der Waals surface area contributed by atoms with Gasteiger partial charge in [-0.25, -0.2) is 13.1 Å². The molecule has 1 heterocycles. The van der Waals surface area contributed by atoms with Gasteiger partial charge in [-0.3, -0.25) is 0 Å². The van der Waals surface area contributed by atoms with Crippen LogP contribution < -0.4 is 10.0 Å². The van der Waals surface area contributed by atoms with E-state index in [-0.39, 0.29) is 6.04 Å². The van der Waals surface area contributed by atoms with Crippen molar-refractivity contribution >= 4 is 21.4 Å². The van der Waals surface area contributed by atoms with Crippen LogP contribution in [0.2, 0.25) is 0 Å². The first-order valence-corrected chi connectivity index (χ1v) is 8.57. The minimum absolute atomic E-state index is 0.0253. The zero-order chi connectivity index (χ0) is 13.2. The van der Waals surface area contributed by atoms with Gasteiger partial charge in [0.15, 0.2) is 0 Å². The summed E-state index contributed by atoms with van der Waals surface area (Å²) in [6, 6.07) is 3.57. The van der Waals surface area contributed by atoms with Crippen LogP contribution in [0.5, 0.6) is 0 Å². The van der Waals surface area contributed by atoms with E-state index in [1.165, 1.54) is 24.2 Å². The summed E-state index contributed by atoms with van der Waals surface area (Å²) in [5.74, 6) is 0.728. The van der Waals surface area contributed by atoms with E-state index >= 15 is 0 Å². The number of sulfonamides is 1. The Labute approximate surface area is 113 Å². The van der Waals surface area contributed by atoms with Crippen molar-refractivity contribution in [3.05, 3.63) is 17.0 Å². The maximum atomic E-state index is 12.1. The van der Waals surface area contributed by atoms with E-state index in [1.54, 1.807) is 6.07 Å². The normalized spacial score (nSPS) is 17.9. The molecule has 6 heteroatoms. The van der Waals surface area contributed by atoms with Crippen molar-refractivity contribution in [2.75, 3.05) is 7.05 Å². The quantitative estimate of drug-likeness (QED) is 0.806. The maximum absolute atomic E-state index is 12.1. The average molecular weight is 288 g/mol. The second kappa shape index (κ2) is 5.69. The highest BCUT2D eigenvalue weighted by Gasteiger charge is 2.26. The molecule has 2 rings (SSSR count). The summed E-state index contributed by atoms with van der Waals surface area (Å²) < 4.78 is 27.5. The van der Waals surface area contributed by atoms with Gasteiger partial charge in [0.25, 0.3) is 0 Å². The highest BCUT2D eigenvalue weighted by atomic mass is 32.2. The fourth-order valence-corrected chi connectivity index (χ4v) is 4.64. The number of nitrogens with one attached hydrogen (secondary N) is 2. The van der Waals surface area contributed by atoms with Gasteiger partial charge in [0.05, 0.1) is 0 Å². The molecule has 2 N–H and O–H groups in total. The van der Waals surface area contributed by atoms with Gasteiger partial charge in [0.2, 0.25) is 10.0 Å². The van der Waals surface area contributed by atoms with Crippen LogP contribution in [0.25, 0.3) is 0 Å². The van der Waals surface area contributed by atoms with Crippen molar-refractivity contribution in [3.8, 4) is 0 Å². The Morgan fingerprint density at radius 3 is 2.78 bits per heavy atom. The largest absolute Gasteiger partial charge is 0.315 e. The van der Waals surface area contributed by atoms with E-state index < -0.39 is 10.0 Å². The van der Waals surface area contributed by atoms with E-state index in [2.05, 4.69) is 10.0 Å².